The molecule has 0 saturated carbocycles. The lowest BCUT2D eigenvalue weighted by Gasteiger charge is -2.20. The molecular formula is C22H27N3O4S. The molecule has 2 N–H and O–H groups in total. The Kier molecular flexibility index (Phi) is 7.23. The number of hydrogen-bond donors (Lipinski definition) is 2. The number of carbonyl (C=O) groups is 2. The molecule has 30 heavy (non-hydrogen) atoms. The van der Waals surface area contributed by atoms with Crippen LogP contribution in [0.1, 0.15) is 53.3 Å². The number of carbonyl (C=O) groups excluding carboxylic acids is 2. The Morgan fingerprint density at radius 2 is 1.63 bits per heavy atom. The fraction of sp³-hybridized carbons (Fsp3) is 0.364. The van der Waals surface area contributed by atoms with Gasteiger partial charge in [0.05, 0.1) is 16.1 Å². The first-order chi connectivity index (χ1) is 14.4. The molecule has 1 fully saturated rings. The molecule has 0 bridgehead atoms. The van der Waals surface area contributed by atoms with Crippen molar-refractivity contribution in [2.45, 2.75) is 37.5 Å². The van der Waals surface area contributed by atoms with Gasteiger partial charge in [0.25, 0.3) is 11.8 Å². The molecule has 1 heterocycles. The molecule has 0 aromatic heterocycles. The average molecular weight is 430 g/mol. The van der Waals surface area contributed by atoms with Crippen LogP contribution >= 0.6 is 0 Å². The number of para-hydroxylation sites is 1. The van der Waals surface area contributed by atoms with E-state index in [0.29, 0.717) is 30.9 Å². The first-order valence-electron chi connectivity index (χ1n) is 10.2. The summed E-state index contributed by atoms with van der Waals surface area (Å²) in [6.45, 7) is 3.28. The van der Waals surface area contributed by atoms with Gasteiger partial charge in [0.1, 0.15) is 0 Å². The van der Waals surface area contributed by atoms with Gasteiger partial charge in [0, 0.05) is 25.2 Å². The Bertz CT molecular complexity index is 1010. The quantitative estimate of drug-likeness (QED) is 0.737. The highest BCUT2D eigenvalue weighted by Gasteiger charge is 2.26. The predicted molar refractivity (Wildman–Crippen MR) is 116 cm³/mol. The van der Waals surface area contributed by atoms with Crippen LogP contribution < -0.4 is 10.6 Å². The van der Waals surface area contributed by atoms with E-state index in [9.17, 15) is 18.0 Å². The van der Waals surface area contributed by atoms with Crippen molar-refractivity contribution in [3.63, 3.8) is 0 Å². The number of amides is 2. The molecule has 0 spiro atoms. The maximum Gasteiger partial charge on any atom is 0.255 e. The Morgan fingerprint density at radius 3 is 2.33 bits per heavy atom. The summed E-state index contributed by atoms with van der Waals surface area (Å²) in [6.07, 6.45) is 3.74. The molecule has 2 aromatic rings. The van der Waals surface area contributed by atoms with E-state index in [0.717, 1.165) is 25.7 Å². The maximum absolute atomic E-state index is 13.0. The maximum atomic E-state index is 13.0. The minimum Gasteiger partial charge on any atom is -0.352 e. The van der Waals surface area contributed by atoms with Gasteiger partial charge in [0.2, 0.25) is 10.0 Å². The number of nitrogens with one attached hydrogen (secondary N) is 2. The Labute approximate surface area is 177 Å². The molecule has 0 atom stereocenters. The van der Waals surface area contributed by atoms with Crippen molar-refractivity contribution in [2.75, 3.05) is 25.0 Å². The summed E-state index contributed by atoms with van der Waals surface area (Å²) in [7, 11) is -3.65. The zero-order chi connectivity index (χ0) is 21.6. The van der Waals surface area contributed by atoms with Crippen LogP contribution in [-0.2, 0) is 10.0 Å². The second-order valence-electron chi connectivity index (χ2n) is 7.21. The van der Waals surface area contributed by atoms with Crippen molar-refractivity contribution in [1.29, 1.82) is 0 Å². The van der Waals surface area contributed by atoms with Crippen LogP contribution in [0.15, 0.2) is 53.4 Å². The summed E-state index contributed by atoms with van der Waals surface area (Å²) in [6, 6.07) is 12.7. The Morgan fingerprint density at radius 1 is 0.933 bits per heavy atom. The van der Waals surface area contributed by atoms with Crippen LogP contribution in [0.5, 0.6) is 0 Å². The smallest absolute Gasteiger partial charge is 0.255 e. The molecule has 1 aliphatic rings. The topological polar surface area (TPSA) is 95.6 Å². The highest BCUT2D eigenvalue weighted by Crippen LogP contribution is 2.22. The summed E-state index contributed by atoms with van der Waals surface area (Å²) < 4.78 is 27.6. The molecule has 1 aliphatic heterocycles. The third kappa shape index (κ3) is 5.06. The summed E-state index contributed by atoms with van der Waals surface area (Å²) in [5.41, 5.74) is 0.937. The van der Waals surface area contributed by atoms with E-state index in [1.165, 1.54) is 16.4 Å². The van der Waals surface area contributed by atoms with Crippen LogP contribution in [0.3, 0.4) is 0 Å². The molecular weight excluding hydrogens is 402 g/mol. The number of sulfonamides is 1. The largest absolute Gasteiger partial charge is 0.352 e. The van der Waals surface area contributed by atoms with Crippen molar-refractivity contribution in [3.05, 3.63) is 59.7 Å². The molecule has 1 saturated heterocycles. The van der Waals surface area contributed by atoms with Crippen molar-refractivity contribution in [3.8, 4) is 0 Å². The molecule has 2 aromatic carbocycles. The number of nitrogens with zero attached hydrogens (tertiary/aromatic N) is 1. The molecule has 0 unspecified atom stereocenters. The summed E-state index contributed by atoms with van der Waals surface area (Å²) >= 11 is 0. The molecule has 7 nitrogen and oxygen atoms in total. The lowest BCUT2D eigenvalue weighted by Crippen LogP contribution is -2.32. The van der Waals surface area contributed by atoms with Gasteiger partial charge in [0.15, 0.2) is 0 Å². The van der Waals surface area contributed by atoms with Gasteiger partial charge in [-0.15, -0.1) is 0 Å². The number of anilines is 1. The lowest BCUT2D eigenvalue weighted by molar-refractivity contribution is 0.0956. The Hall–Kier alpha value is -2.71. The van der Waals surface area contributed by atoms with E-state index in [2.05, 4.69) is 10.6 Å². The van der Waals surface area contributed by atoms with Gasteiger partial charge < -0.3 is 10.6 Å². The third-order valence-corrected chi connectivity index (χ3v) is 6.95. The van der Waals surface area contributed by atoms with Gasteiger partial charge in [-0.3, -0.25) is 9.59 Å². The summed E-state index contributed by atoms with van der Waals surface area (Å²) in [5.74, 6) is -0.759. The van der Waals surface area contributed by atoms with Gasteiger partial charge in [-0.1, -0.05) is 31.0 Å². The van der Waals surface area contributed by atoms with Crippen molar-refractivity contribution in [1.82, 2.24) is 9.62 Å². The molecule has 160 valence electrons. The fourth-order valence-electron chi connectivity index (χ4n) is 3.47. The van der Waals surface area contributed by atoms with Gasteiger partial charge in [-0.25, -0.2) is 8.42 Å². The second-order valence-corrected chi connectivity index (χ2v) is 9.14. The Balaban J connectivity index is 1.83. The second kappa shape index (κ2) is 9.86. The monoisotopic (exact) mass is 429 g/mol. The zero-order valence-corrected chi connectivity index (χ0v) is 17.9. The molecule has 0 radical (unpaired) electrons. The van der Waals surface area contributed by atoms with E-state index in [4.69, 9.17) is 0 Å². The molecule has 3 rings (SSSR count). The highest BCUT2D eigenvalue weighted by molar-refractivity contribution is 7.89. The van der Waals surface area contributed by atoms with Crippen LogP contribution in [0.25, 0.3) is 0 Å². The standard InChI is InChI=1S/C22H27N3O4S/c1-2-23-22(27)19-12-5-6-13-20(19)24-21(26)17-10-9-11-18(16-17)30(28,29)25-14-7-3-4-8-15-25/h5-6,9-13,16H,2-4,7-8,14-15H2,1H3,(H,23,27)(H,24,26). The zero-order valence-electron chi connectivity index (χ0n) is 17.1. The van der Waals surface area contributed by atoms with E-state index in [1.54, 1.807) is 36.4 Å². The van der Waals surface area contributed by atoms with Crippen LogP contribution in [0.4, 0.5) is 5.69 Å². The summed E-state index contributed by atoms with van der Waals surface area (Å²) in [4.78, 5) is 25.1. The van der Waals surface area contributed by atoms with Gasteiger partial charge in [-0.05, 0) is 50.1 Å². The van der Waals surface area contributed by atoms with Crippen LogP contribution in [0, 0.1) is 0 Å². The van der Waals surface area contributed by atoms with E-state index >= 15 is 0 Å². The van der Waals surface area contributed by atoms with E-state index in [-0.39, 0.29) is 16.4 Å². The third-order valence-electron chi connectivity index (χ3n) is 5.06. The predicted octanol–water partition coefficient (Wildman–Crippen LogP) is 3.25. The molecule has 0 aliphatic carbocycles. The number of benzene rings is 2. The van der Waals surface area contributed by atoms with Crippen LogP contribution in [-0.4, -0.2) is 44.2 Å². The number of rotatable bonds is 6. The lowest BCUT2D eigenvalue weighted by atomic mass is 10.1. The van der Waals surface area contributed by atoms with Crippen molar-refractivity contribution < 1.29 is 18.0 Å². The SMILES string of the molecule is CCNC(=O)c1ccccc1NC(=O)c1cccc(S(=O)(=O)N2CCCCCC2)c1. The van der Waals surface area contributed by atoms with E-state index < -0.39 is 15.9 Å². The first kappa shape index (κ1) is 22.0. The fourth-order valence-corrected chi connectivity index (χ4v) is 5.03. The minimum atomic E-state index is -3.65. The van der Waals surface area contributed by atoms with Crippen LogP contribution in [0.2, 0.25) is 0 Å². The minimum absolute atomic E-state index is 0.106. The molecule has 2 amide bonds. The van der Waals surface area contributed by atoms with Crippen molar-refractivity contribution in [2.24, 2.45) is 0 Å². The normalized spacial score (nSPS) is 15.2. The van der Waals surface area contributed by atoms with E-state index in [1.807, 2.05) is 6.92 Å². The highest BCUT2D eigenvalue weighted by atomic mass is 32.2. The number of hydrogen-bond acceptors (Lipinski definition) is 4. The van der Waals surface area contributed by atoms with Gasteiger partial charge in [-0.2, -0.15) is 4.31 Å². The summed E-state index contributed by atoms with van der Waals surface area (Å²) in [5, 5.41) is 5.44. The van der Waals surface area contributed by atoms with Gasteiger partial charge >= 0.3 is 0 Å². The first-order valence-corrected chi connectivity index (χ1v) is 11.7. The molecule has 8 heteroatoms. The van der Waals surface area contributed by atoms with Crippen molar-refractivity contribution >= 4 is 27.5 Å². The average Bonchev–Trinajstić information content (AvgIpc) is 3.04.